The molecule has 77 heavy (non-hydrogen) atoms. The Morgan fingerprint density at radius 2 is 0.818 bits per heavy atom. The predicted octanol–water partition coefficient (Wildman–Crippen LogP) is 16.6. The molecule has 0 aliphatic carbocycles. The fraction of sp³-hybridized carbons (Fsp3) is 0.815. The topological polar surface area (TPSA) is 175 Å². The van der Waals surface area contributed by atoms with Crippen molar-refractivity contribution in [1.82, 2.24) is 0 Å². The van der Waals surface area contributed by atoms with E-state index >= 15 is 0 Å². The molecule has 6 atom stereocenters. The number of hydrogen-bond donors (Lipinski definition) is 3. The molecule has 0 aromatic heterocycles. The normalized spacial score (nSPS) is 18.3. The lowest BCUT2D eigenvalue weighted by Crippen LogP contribution is -2.61. The van der Waals surface area contributed by atoms with E-state index in [0.29, 0.717) is 19.3 Å². The number of aliphatic carboxylic acids is 1. The molecule has 446 valence electrons. The molecular weight excluding hydrogens is 973 g/mol. The standard InChI is InChI=1S/C65H114O12/c1-4-7-10-13-16-19-22-25-27-29-31-34-36-39-42-45-48-51-57(66)73-54-56(75-58(67)52-49-46-43-40-37-33-24-21-18-15-12-9-6-3)55-74-65-63(61(70)60(69)62(77-65)64(71)72)76-59(68)53-50-47-44-41-38-35-32-30-28-26-23-20-17-14-11-8-5-2/h8,11,17,20-21,24,26,28,56,60-63,65,69-70H,4-7,9-10,12-16,18-19,22-23,25,27,29-55H2,1-3H3,(H,71,72)/b11-8-,20-17-,24-21-,28-26-. The van der Waals surface area contributed by atoms with Crippen molar-refractivity contribution in [2.45, 2.75) is 327 Å². The van der Waals surface area contributed by atoms with Crippen LogP contribution in [0.5, 0.6) is 0 Å². The van der Waals surface area contributed by atoms with Gasteiger partial charge in [-0.1, -0.05) is 243 Å². The SMILES string of the molecule is CC/C=C\C/C=C\C/C=C\CCCCCCCCCC(=O)OC1C(OCC(COC(=O)CCCCCCCCCCCCCCCCCCC)OC(=O)CCCCCCC/C=C\CCCCCC)OC(C(=O)O)C(O)C1O. The maximum Gasteiger partial charge on any atom is 0.335 e. The summed E-state index contributed by atoms with van der Waals surface area (Å²) >= 11 is 0. The first kappa shape index (κ1) is 71.7. The van der Waals surface area contributed by atoms with Crippen LogP contribution in [-0.2, 0) is 42.9 Å². The van der Waals surface area contributed by atoms with E-state index in [0.717, 1.165) is 122 Å². The zero-order valence-corrected chi connectivity index (χ0v) is 49.2. The number of carbonyl (C=O) groups excluding carboxylic acids is 3. The third-order valence-electron chi connectivity index (χ3n) is 14.4. The van der Waals surface area contributed by atoms with Crippen molar-refractivity contribution >= 4 is 23.9 Å². The summed E-state index contributed by atoms with van der Waals surface area (Å²) in [6.07, 6.45) is 52.1. The Morgan fingerprint density at radius 3 is 1.27 bits per heavy atom. The second-order valence-electron chi connectivity index (χ2n) is 21.7. The monoisotopic (exact) mass is 1090 g/mol. The summed E-state index contributed by atoms with van der Waals surface area (Å²) in [4.78, 5) is 51.2. The van der Waals surface area contributed by atoms with Crippen molar-refractivity contribution in [2.24, 2.45) is 0 Å². The van der Waals surface area contributed by atoms with Crippen molar-refractivity contribution in [3.63, 3.8) is 0 Å². The molecule has 1 heterocycles. The number of rotatable bonds is 54. The molecule has 3 N–H and O–H groups in total. The molecule has 6 unspecified atom stereocenters. The zero-order valence-electron chi connectivity index (χ0n) is 49.2. The van der Waals surface area contributed by atoms with Crippen LogP contribution in [0.25, 0.3) is 0 Å². The van der Waals surface area contributed by atoms with Gasteiger partial charge in [-0.05, 0) is 77.0 Å². The molecule has 0 amide bonds. The highest BCUT2D eigenvalue weighted by Gasteiger charge is 2.50. The Balaban J connectivity index is 2.65. The average Bonchev–Trinajstić information content (AvgIpc) is 3.42. The molecule has 12 heteroatoms. The Labute approximate surface area is 469 Å². The Morgan fingerprint density at radius 1 is 0.442 bits per heavy atom. The number of esters is 3. The maximum atomic E-state index is 13.2. The Kier molecular flexibility index (Phi) is 49.7. The van der Waals surface area contributed by atoms with Crippen LogP contribution in [0.15, 0.2) is 48.6 Å². The first-order valence-electron chi connectivity index (χ1n) is 31.6. The average molecular weight is 1090 g/mol. The molecule has 12 nitrogen and oxygen atoms in total. The summed E-state index contributed by atoms with van der Waals surface area (Å²) in [7, 11) is 0. The first-order chi connectivity index (χ1) is 37.6. The molecular formula is C65H114O12. The van der Waals surface area contributed by atoms with Crippen LogP contribution in [0, 0.1) is 0 Å². The summed E-state index contributed by atoms with van der Waals surface area (Å²) in [6, 6.07) is 0. The number of carbonyl (C=O) groups is 4. The van der Waals surface area contributed by atoms with Crippen LogP contribution in [0.3, 0.4) is 0 Å². The van der Waals surface area contributed by atoms with Crippen LogP contribution in [0.1, 0.15) is 290 Å². The van der Waals surface area contributed by atoms with Crippen LogP contribution in [-0.4, -0.2) is 89.2 Å². The summed E-state index contributed by atoms with van der Waals surface area (Å²) < 4.78 is 28.5. The third kappa shape index (κ3) is 43.2. The summed E-state index contributed by atoms with van der Waals surface area (Å²) in [6.45, 7) is 5.89. The Hall–Kier alpha value is -3.32. The van der Waals surface area contributed by atoms with E-state index < -0.39 is 67.3 Å². The van der Waals surface area contributed by atoms with Gasteiger partial charge < -0.3 is 39.0 Å². The van der Waals surface area contributed by atoms with E-state index in [1.54, 1.807) is 0 Å². The lowest BCUT2D eigenvalue weighted by Gasteiger charge is -2.40. The van der Waals surface area contributed by atoms with E-state index in [9.17, 15) is 34.5 Å². The summed E-state index contributed by atoms with van der Waals surface area (Å²) in [5.74, 6) is -3.12. The number of unbranched alkanes of at least 4 members (excludes halogenated alkanes) is 32. The van der Waals surface area contributed by atoms with Gasteiger partial charge in [-0.2, -0.15) is 0 Å². The lowest BCUT2D eigenvalue weighted by atomic mass is 9.98. The summed E-state index contributed by atoms with van der Waals surface area (Å²) in [5, 5.41) is 31.5. The predicted molar refractivity (Wildman–Crippen MR) is 312 cm³/mol. The van der Waals surface area contributed by atoms with E-state index in [1.807, 2.05) is 0 Å². The lowest BCUT2D eigenvalue weighted by molar-refractivity contribution is -0.301. The fourth-order valence-electron chi connectivity index (χ4n) is 9.56. The van der Waals surface area contributed by atoms with Crippen LogP contribution >= 0.6 is 0 Å². The van der Waals surface area contributed by atoms with E-state index in [1.165, 1.54) is 109 Å². The number of carboxylic acid groups (broad SMARTS) is 1. The quantitative estimate of drug-likeness (QED) is 0.0228. The number of aliphatic hydroxyl groups is 2. The number of ether oxygens (including phenoxy) is 5. The molecule has 0 aromatic rings. The molecule has 1 aliphatic rings. The highest BCUT2D eigenvalue weighted by molar-refractivity contribution is 5.74. The molecule has 1 fully saturated rings. The van der Waals surface area contributed by atoms with Crippen molar-refractivity contribution in [1.29, 1.82) is 0 Å². The number of hydrogen-bond acceptors (Lipinski definition) is 11. The minimum absolute atomic E-state index is 0.0500. The molecule has 0 bridgehead atoms. The zero-order chi connectivity index (χ0) is 56.1. The second kappa shape index (κ2) is 53.3. The van der Waals surface area contributed by atoms with Gasteiger partial charge in [0.1, 0.15) is 18.8 Å². The largest absolute Gasteiger partial charge is 0.479 e. The molecule has 1 aliphatic heterocycles. The van der Waals surface area contributed by atoms with Crippen LogP contribution < -0.4 is 0 Å². The number of aliphatic hydroxyl groups excluding tert-OH is 2. The van der Waals surface area contributed by atoms with Gasteiger partial charge in [0.15, 0.2) is 24.6 Å². The van der Waals surface area contributed by atoms with Crippen molar-refractivity contribution < 1.29 is 58.2 Å². The van der Waals surface area contributed by atoms with E-state index in [4.69, 9.17) is 23.7 Å². The highest BCUT2D eigenvalue weighted by Crippen LogP contribution is 2.27. The van der Waals surface area contributed by atoms with Gasteiger partial charge in [-0.25, -0.2) is 4.79 Å². The van der Waals surface area contributed by atoms with Gasteiger partial charge >= 0.3 is 23.9 Å². The highest BCUT2D eigenvalue weighted by atomic mass is 16.7. The molecule has 0 saturated carbocycles. The Bertz CT molecular complexity index is 1520. The minimum Gasteiger partial charge on any atom is -0.479 e. The van der Waals surface area contributed by atoms with E-state index in [-0.39, 0.29) is 25.9 Å². The molecule has 1 saturated heterocycles. The second-order valence-corrected chi connectivity index (χ2v) is 21.7. The maximum absolute atomic E-state index is 13.2. The molecule has 0 spiro atoms. The van der Waals surface area contributed by atoms with Crippen molar-refractivity contribution in [2.75, 3.05) is 13.2 Å². The van der Waals surface area contributed by atoms with Gasteiger partial charge in [0.25, 0.3) is 0 Å². The minimum atomic E-state index is -1.91. The van der Waals surface area contributed by atoms with Gasteiger partial charge in [-0.15, -0.1) is 0 Å². The molecule has 1 rings (SSSR count). The van der Waals surface area contributed by atoms with Crippen LogP contribution in [0.4, 0.5) is 0 Å². The third-order valence-corrected chi connectivity index (χ3v) is 14.4. The van der Waals surface area contributed by atoms with Crippen molar-refractivity contribution in [3.8, 4) is 0 Å². The van der Waals surface area contributed by atoms with Crippen molar-refractivity contribution in [3.05, 3.63) is 48.6 Å². The van der Waals surface area contributed by atoms with E-state index in [2.05, 4.69) is 69.4 Å². The number of carboxylic acids is 1. The van der Waals surface area contributed by atoms with Gasteiger partial charge in [-0.3, -0.25) is 14.4 Å². The number of allylic oxidation sites excluding steroid dienone is 8. The summed E-state index contributed by atoms with van der Waals surface area (Å²) in [5.41, 5.74) is 0. The smallest absolute Gasteiger partial charge is 0.335 e. The first-order valence-corrected chi connectivity index (χ1v) is 31.6. The van der Waals surface area contributed by atoms with Gasteiger partial charge in [0, 0.05) is 19.3 Å². The van der Waals surface area contributed by atoms with Crippen LogP contribution in [0.2, 0.25) is 0 Å². The van der Waals surface area contributed by atoms with Gasteiger partial charge in [0.05, 0.1) is 6.61 Å². The molecule has 0 aromatic carbocycles. The molecule has 0 radical (unpaired) electrons. The fourth-order valence-corrected chi connectivity index (χ4v) is 9.56. The van der Waals surface area contributed by atoms with Gasteiger partial charge in [0.2, 0.25) is 0 Å².